The zero-order chi connectivity index (χ0) is 11.7. The Morgan fingerprint density at radius 2 is 2.31 bits per heavy atom. The Balaban J connectivity index is 2.66. The third-order valence-electron chi connectivity index (χ3n) is 2.54. The summed E-state index contributed by atoms with van der Waals surface area (Å²) in [5.74, 6) is -0.866. The van der Waals surface area contributed by atoms with Crippen LogP contribution in [-0.2, 0) is 18.3 Å². The van der Waals surface area contributed by atoms with Crippen molar-refractivity contribution >= 4 is 16.9 Å². The molecule has 1 heterocycles. The molecule has 1 N–H and O–H groups in total. The monoisotopic (exact) mass is 214 g/mol. The number of fused-ring (bicyclic) bond motifs is 1. The van der Waals surface area contributed by atoms with Crippen LogP contribution in [0, 0.1) is 11.3 Å². The van der Waals surface area contributed by atoms with Gasteiger partial charge in [0.05, 0.1) is 18.1 Å². The summed E-state index contributed by atoms with van der Waals surface area (Å²) < 4.78 is 1.87. The number of rotatable bonds is 2. The van der Waals surface area contributed by atoms with E-state index in [2.05, 4.69) is 6.07 Å². The second-order valence-corrected chi connectivity index (χ2v) is 3.68. The number of hydrogen-bond donors (Lipinski definition) is 1. The van der Waals surface area contributed by atoms with E-state index >= 15 is 0 Å². The summed E-state index contributed by atoms with van der Waals surface area (Å²) in [7, 11) is 1.86. The molecule has 2 aromatic rings. The molecule has 0 fully saturated rings. The van der Waals surface area contributed by atoms with E-state index in [1.807, 2.05) is 17.7 Å². The van der Waals surface area contributed by atoms with Gasteiger partial charge in [-0.1, -0.05) is 0 Å². The molecule has 80 valence electrons. The van der Waals surface area contributed by atoms with Crippen molar-refractivity contribution in [2.24, 2.45) is 7.05 Å². The lowest BCUT2D eigenvalue weighted by molar-refractivity contribution is -0.136. The molecule has 0 saturated carbocycles. The van der Waals surface area contributed by atoms with Crippen LogP contribution in [0.4, 0.5) is 0 Å². The SMILES string of the molecule is Cn1cc(CC(=O)O)c2cc(C#N)ccc21. The van der Waals surface area contributed by atoms with Gasteiger partial charge in [0.25, 0.3) is 0 Å². The first-order valence-electron chi connectivity index (χ1n) is 4.81. The number of nitrogens with zero attached hydrogens (tertiary/aromatic N) is 2. The smallest absolute Gasteiger partial charge is 0.307 e. The molecule has 0 aliphatic carbocycles. The molecule has 0 atom stereocenters. The average molecular weight is 214 g/mol. The molecule has 4 heteroatoms. The van der Waals surface area contributed by atoms with Gasteiger partial charge in [0.15, 0.2) is 0 Å². The topological polar surface area (TPSA) is 66.0 Å². The fourth-order valence-corrected chi connectivity index (χ4v) is 1.85. The molecule has 0 radical (unpaired) electrons. The van der Waals surface area contributed by atoms with Crippen molar-refractivity contribution in [3.8, 4) is 6.07 Å². The van der Waals surface area contributed by atoms with Crippen LogP contribution in [0.5, 0.6) is 0 Å². The number of hydrogen-bond acceptors (Lipinski definition) is 2. The van der Waals surface area contributed by atoms with E-state index in [0.717, 1.165) is 16.5 Å². The van der Waals surface area contributed by atoms with Crippen molar-refractivity contribution in [3.63, 3.8) is 0 Å². The molecule has 0 spiro atoms. The van der Waals surface area contributed by atoms with Crippen molar-refractivity contribution in [1.82, 2.24) is 4.57 Å². The number of carbonyl (C=O) groups is 1. The van der Waals surface area contributed by atoms with Crippen LogP contribution in [0.2, 0.25) is 0 Å². The number of aliphatic carboxylic acids is 1. The highest BCUT2D eigenvalue weighted by Crippen LogP contribution is 2.22. The third-order valence-corrected chi connectivity index (χ3v) is 2.54. The number of benzene rings is 1. The van der Waals surface area contributed by atoms with Gasteiger partial charge in [0, 0.05) is 24.1 Å². The maximum Gasteiger partial charge on any atom is 0.307 e. The summed E-state index contributed by atoms with van der Waals surface area (Å²) in [5, 5.41) is 18.4. The first kappa shape index (κ1) is 10.2. The zero-order valence-electron chi connectivity index (χ0n) is 8.77. The van der Waals surface area contributed by atoms with Crippen LogP contribution in [-0.4, -0.2) is 15.6 Å². The van der Waals surface area contributed by atoms with E-state index in [0.29, 0.717) is 5.56 Å². The van der Waals surface area contributed by atoms with Crippen LogP contribution in [0.1, 0.15) is 11.1 Å². The Morgan fingerprint density at radius 3 is 2.94 bits per heavy atom. The molecule has 1 aromatic carbocycles. The van der Waals surface area contributed by atoms with Gasteiger partial charge in [-0.05, 0) is 23.8 Å². The Kier molecular flexibility index (Phi) is 2.37. The Bertz CT molecular complexity index is 605. The minimum atomic E-state index is -0.866. The largest absolute Gasteiger partial charge is 0.481 e. The van der Waals surface area contributed by atoms with Crippen LogP contribution >= 0.6 is 0 Å². The fourth-order valence-electron chi connectivity index (χ4n) is 1.85. The maximum atomic E-state index is 10.7. The molecule has 0 unspecified atom stereocenters. The molecule has 0 aliphatic heterocycles. The first-order valence-corrected chi connectivity index (χ1v) is 4.81. The van der Waals surface area contributed by atoms with E-state index in [-0.39, 0.29) is 6.42 Å². The molecule has 0 saturated heterocycles. The summed E-state index contributed by atoms with van der Waals surface area (Å²) in [4.78, 5) is 10.7. The van der Waals surface area contributed by atoms with Crippen molar-refractivity contribution in [2.45, 2.75) is 6.42 Å². The van der Waals surface area contributed by atoms with Gasteiger partial charge in [-0.3, -0.25) is 4.79 Å². The quantitative estimate of drug-likeness (QED) is 0.827. The Labute approximate surface area is 92.3 Å². The highest BCUT2D eigenvalue weighted by Gasteiger charge is 2.10. The average Bonchev–Trinajstić information content (AvgIpc) is 2.54. The number of aromatic nitrogens is 1. The number of carboxylic acids is 1. The van der Waals surface area contributed by atoms with Gasteiger partial charge in [-0.25, -0.2) is 0 Å². The molecular formula is C12H10N2O2. The van der Waals surface area contributed by atoms with Gasteiger partial charge in [0.1, 0.15) is 0 Å². The number of carboxylic acid groups (broad SMARTS) is 1. The predicted molar refractivity (Wildman–Crippen MR) is 59.0 cm³/mol. The Morgan fingerprint density at radius 1 is 1.56 bits per heavy atom. The molecule has 0 bridgehead atoms. The summed E-state index contributed by atoms with van der Waals surface area (Å²) in [6, 6.07) is 7.34. The summed E-state index contributed by atoms with van der Waals surface area (Å²) >= 11 is 0. The predicted octanol–water partition coefficient (Wildman–Crippen LogP) is 1.68. The highest BCUT2D eigenvalue weighted by molar-refractivity contribution is 5.88. The van der Waals surface area contributed by atoms with Crippen molar-refractivity contribution in [2.75, 3.05) is 0 Å². The molecule has 0 aliphatic rings. The Hall–Kier alpha value is -2.28. The highest BCUT2D eigenvalue weighted by atomic mass is 16.4. The molecule has 16 heavy (non-hydrogen) atoms. The van der Waals surface area contributed by atoms with Gasteiger partial charge >= 0.3 is 5.97 Å². The van der Waals surface area contributed by atoms with E-state index < -0.39 is 5.97 Å². The first-order chi connectivity index (χ1) is 7.61. The second-order valence-electron chi connectivity index (χ2n) is 3.68. The summed E-state index contributed by atoms with van der Waals surface area (Å²) in [6.45, 7) is 0. The lowest BCUT2D eigenvalue weighted by Gasteiger charge is -1.96. The molecule has 1 aromatic heterocycles. The zero-order valence-corrected chi connectivity index (χ0v) is 8.77. The number of aryl methyl sites for hydroxylation is 1. The fraction of sp³-hybridized carbons (Fsp3) is 0.167. The lowest BCUT2D eigenvalue weighted by atomic mass is 10.1. The van der Waals surface area contributed by atoms with Gasteiger partial charge in [-0.2, -0.15) is 5.26 Å². The minimum absolute atomic E-state index is 0.0216. The van der Waals surface area contributed by atoms with Gasteiger partial charge in [0.2, 0.25) is 0 Å². The van der Waals surface area contributed by atoms with Crippen molar-refractivity contribution < 1.29 is 9.90 Å². The second kappa shape index (κ2) is 3.70. The molecule has 0 amide bonds. The van der Waals surface area contributed by atoms with E-state index in [9.17, 15) is 4.79 Å². The molecule has 4 nitrogen and oxygen atoms in total. The maximum absolute atomic E-state index is 10.7. The normalized spacial score (nSPS) is 10.2. The minimum Gasteiger partial charge on any atom is -0.481 e. The van der Waals surface area contributed by atoms with Crippen LogP contribution < -0.4 is 0 Å². The van der Waals surface area contributed by atoms with Gasteiger partial charge in [-0.15, -0.1) is 0 Å². The van der Waals surface area contributed by atoms with Crippen molar-refractivity contribution in [3.05, 3.63) is 35.5 Å². The van der Waals surface area contributed by atoms with E-state index in [1.54, 1.807) is 18.3 Å². The summed E-state index contributed by atoms with van der Waals surface area (Å²) in [6.07, 6.45) is 1.77. The molecular weight excluding hydrogens is 204 g/mol. The van der Waals surface area contributed by atoms with Crippen LogP contribution in [0.25, 0.3) is 10.9 Å². The number of nitriles is 1. The molecule has 2 rings (SSSR count). The van der Waals surface area contributed by atoms with E-state index in [4.69, 9.17) is 10.4 Å². The van der Waals surface area contributed by atoms with Gasteiger partial charge < -0.3 is 9.67 Å². The third kappa shape index (κ3) is 1.63. The standard InChI is InChI=1S/C12H10N2O2/c1-14-7-9(5-12(15)16)10-4-8(6-13)2-3-11(10)14/h2-4,7H,5H2,1H3,(H,15,16). The van der Waals surface area contributed by atoms with Crippen LogP contribution in [0.15, 0.2) is 24.4 Å². The van der Waals surface area contributed by atoms with Crippen LogP contribution in [0.3, 0.4) is 0 Å². The van der Waals surface area contributed by atoms with Crippen molar-refractivity contribution in [1.29, 1.82) is 5.26 Å². The van der Waals surface area contributed by atoms with E-state index in [1.165, 1.54) is 0 Å². The lowest BCUT2D eigenvalue weighted by Crippen LogP contribution is -1.99. The summed E-state index contributed by atoms with van der Waals surface area (Å²) in [5.41, 5.74) is 2.22.